The molecule has 0 radical (unpaired) electrons. The summed E-state index contributed by atoms with van der Waals surface area (Å²) in [5.41, 5.74) is 5.15. The zero-order chi connectivity index (χ0) is 14.5. The van der Waals surface area contributed by atoms with Gasteiger partial charge in [-0.2, -0.15) is 0 Å². The molecule has 21 heavy (non-hydrogen) atoms. The Morgan fingerprint density at radius 1 is 0.905 bits per heavy atom. The summed E-state index contributed by atoms with van der Waals surface area (Å²) in [6.45, 7) is 3.06. The molecule has 1 N–H and O–H groups in total. The maximum absolute atomic E-state index is 3.49. The van der Waals surface area contributed by atoms with E-state index in [9.17, 15) is 0 Å². The Balaban J connectivity index is 1.64. The van der Waals surface area contributed by atoms with Crippen molar-refractivity contribution in [2.75, 3.05) is 5.32 Å². The third kappa shape index (κ3) is 3.53. The zero-order valence-electron chi connectivity index (χ0n) is 12.2. The van der Waals surface area contributed by atoms with Gasteiger partial charge in [0.2, 0.25) is 0 Å². The predicted molar refractivity (Wildman–Crippen MR) is 92.9 cm³/mol. The van der Waals surface area contributed by atoms with Gasteiger partial charge in [0.25, 0.3) is 0 Å². The van der Waals surface area contributed by atoms with Crippen molar-refractivity contribution >= 4 is 17.0 Å². The van der Waals surface area contributed by atoms with Gasteiger partial charge in [0, 0.05) is 17.1 Å². The summed E-state index contributed by atoms with van der Waals surface area (Å²) in [6, 6.07) is 21.5. The van der Waals surface area contributed by atoms with Crippen LogP contribution in [0.3, 0.4) is 0 Å². The summed E-state index contributed by atoms with van der Waals surface area (Å²) in [6.07, 6.45) is 1.09. The third-order valence-corrected chi connectivity index (χ3v) is 4.53. The standard InChI is InChI=1S/C19H19NS/c1-2-15-8-10-18(11-9-15)20-13-19-12-17(14-21-19)16-6-4-3-5-7-16/h3-12,14,20H,2,13H2,1H3. The fraction of sp³-hybridized carbons (Fsp3) is 0.158. The van der Waals surface area contributed by atoms with E-state index in [2.05, 4.69) is 78.3 Å². The van der Waals surface area contributed by atoms with Gasteiger partial charge in [-0.1, -0.05) is 49.4 Å². The Kier molecular flexibility index (Phi) is 4.37. The Morgan fingerprint density at radius 3 is 2.38 bits per heavy atom. The van der Waals surface area contributed by atoms with E-state index < -0.39 is 0 Å². The molecular weight excluding hydrogens is 274 g/mol. The number of nitrogens with one attached hydrogen (secondary N) is 1. The topological polar surface area (TPSA) is 12.0 Å². The lowest BCUT2D eigenvalue weighted by Gasteiger charge is -2.05. The summed E-state index contributed by atoms with van der Waals surface area (Å²) in [5.74, 6) is 0. The lowest BCUT2D eigenvalue weighted by Crippen LogP contribution is -1.97. The van der Waals surface area contributed by atoms with Crippen LogP contribution in [0.1, 0.15) is 17.4 Å². The van der Waals surface area contributed by atoms with Gasteiger partial charge < -0.3 is 5.32 Å². The van der Waals surface area contributed by atoms with Crippen LogP contribution >= 0.6 is 11.3 Å². The molecule has 0 saturated heterocycles. The number of aryl methyl sites for hydroxylation is 1. The van der Waals surface area contributed by atoms with Gasteiger partial charge in [-0.25, -0.2) is 0 Å². The van der Waals surface area contributed by atoms with E-state index in [1.54, 1.807) is 0 Å². The van der Waals surface area contributed by atoms with Crippen LogP contribution < -0.4 is 5.32 Å². The lowest BCUT2D eigenvalue weighted by atomic mass is 10.1. The lowest BCUT2D eigenvalue weighted by molar-refractivity contribution is 1.13. The molecule has 0 amide bonds. The first kappa shape index (κ1) is 13.9. The Morgan fingerprint density at radius 2 is 1.67 bits per heavy atom. The molecule has 2 aromatic carbocycles. The maximum atomic E-state index is 3.49. The van der Waals surface area contributed by atoms with E-state index >= 15 is 0 Å². The highest BCUT2D eigenvalue weighted by Crippen LogP contribution is 2.26. The van der Waals surface area contributed by atoms with Gasteiger partial charge in [0.15, 0.2) is 0 Å². The van der Waals surface area contributed by atoms with Gasteiger partial charge in [-0.15, -0.1) is 11.3 Å². The SMILES string of the molecule is CCc1ccc(NCc2cc(-c3ccccc3)cs2)cc1. The summed E-state index contributed by atoms with van der Waals surface area (Å²) in [5, 5.41) is 5.72. The first-order valence-electron chi connectivity index (χ1n) is 7.31. The molecule has 0 atom stereocenters. The molecule has 0 bridgehead atoms. The summed E-state index contributed by atoms with van der Waals surface area (Å²) in [4.78, 5) is 1.36. The number of hydrogen-bond donors (Lipinski definition) is 1. The molecule has 0 unspecified atom stereocenters. The van der Waals surface area contributed by atoms with Crippen LogP contribution in [-0.4, -0.2) is 0 Å². The minimum absolute atomic E-state index is 0.878. The monoisotopic (exact) mass is 293 g/mol. The van der Waals surface area contributed by atoms with Crippen LogP contribution in [0.15, 0.2) is 66.0 Å². The highest BCUT2D eigenvalue weighted by molar-refractivity contribution is 7.10. The van der Waals surface area contributed by atoms with Crippen molar-refractivity contribution in [2.24, 2.45) is 0 Å². The van der Waals surface area contributed by atoms with E-state index in [0.717, 1.165) is 13.0 Å². The van der Waals surface area contributed by atoms with E-state index in [1.807, 2.05) is 11.3 Å². The van der Waals surface area contributed by atoms with Gasteiger partial charge in [0.1, 0.15) is 0 Å². The normalized spacial score (nSPS) is 10.5. The average molecular weight is 293 g/mol. The Hall–Kier alpha value is -2.06. The second-order valence-electron chi connectivity index (χ2n) is 5.07. The molecule has 0 fully saturated rings. The summed E-state index contributed by atoms with van der Waals surface area (Å²) in [7, 11) is 0. The van der Waals surface area contributed by atoms with E-state index in [0.29, 0.717) is 0 Å². The zero-order valence-corrected chi connectivity index (χ0v) is 13.0. The minimum Gasteiger partial charge on any atom is -0.380 e. The molecule has 0 aliphatic rings. The molecule has 2 heteroatoms. The number of benzene rings is 2. The van der Waals surface area contributed by atoms with Crippen LogP contribution in [0.4, 0.5) is 5.69 Å². The molecule has 106 valence electrons. The minimum atomic E-state index is 0.878. The average Bonchev–Trinajstić information content (AvgIpc) is 3.03. The van der Waals surface area contributed by atoms with E-state index in [-0.39, 0.29) is 0 Å². The van der Waals surface area contributed by atoms with Gasteiger partial charge >= 0.3 is 0 Å². The van der Waals surface area contributed by atoms with Crippen molar-refractivity contribution in [3.63, 3.8) is 0 Å². The van der Waals surface area contributed by atoms with E-state index in [4.69, 9.17) is 0 Å². The molecule has 1 nitrogen and oxygen atoms in total. The fourth-order valence-electron chi connectivity index (χ4n) is 2.30. The van der Waals surface area contributed by atoms with Crippen molar-refractivity contribution in [3.8, 4) is 11.1 Å². The largest absolute Gasteiger partial charge is 0.380 e. The van der Waals surface area contributed by atoms with Gasteiger partial charge in [0.05, 0.1) is 0 Å². The quantitative estimate of drug-likeness (QED) is 0.646. The van der Waals surface area contributed by atoms with Gasteiger partial charge in [-0.05, 0) is 46.7 Å². The number of hydrogen-bond acceptors (Lipinski definition) is 2. The fourth-order valence-corrected chi connectivity index (χ4v) is 3.14. The molecular formula is C19H19NS. The van der Waals surface area contributed by atoms with Crippen molar-refractivity contribution in [1.29, 1.82) is 0 Å². The second kappa shape index (κ2) is 6.59. The number of rotatable bonds is 5. The highest BCUT2D eigenvalue weighted by atomic mass is 32.1. The Labute approximate surface area is 130 Å². The van der Waals surface area contributed by atoms with Crippen LogP contribution in [0.2, 0.25) is 0 Å². The molecule has 1 aromatic heterocycles. The Bertz CT molecular complexity index is 683. The van der Waals surface area contributed by atoms with Crippen molar-refractivity contribution < 1.29 is 0 Å². The highest BCUT2D eigenvalue weighted by Gasteiger charge is 2.02. The molecule has 0 aliphatic carbocycles. The molecule has 0 aliphatic heterocycles. The van der Waals surface area contributed by atoms with Crippen LogP contribution in [0, 0.1) is 0 Å². The number of thiophene rings is 1. The van der Waals surface area contributed by atoms with Crippen molar-refractivity contribution in [1.82, 2.24) is 0 Å². The molecule has 0 spiro atoms. The number of anilines is 1. The third-order valence-electron chi connectivity index (χ3n) is 3.59. The van der Waals surface area contributed by atoms with Crippen LogP contribution in [0.25, 0.3) is 11.1 Å². The second-order valence-corrected chi connectivity index (χ2v) is 6.07. The molecule has 0 saturated carbocycles. The predicted octanol–water partition coefficient (Wildman–Crippen LogP) is 5.59. The van der Waals surface area contributed by atoms with Crippen LogP contribution in [-0.2, 0) is 13.0 Å². The molecule has 3 rings (SSSR count). The van der Waals surface area contributed by atoms with Crippen LogP contribution in [0.5, 0.6) is 0 Å². The van der Waals surface area contributed by atoms with Crippen molar-refractivity contribution in [3.05, 3.63) is 76.5 Å². The smallest absolute Gasteiger partial charge is 0.0494 e. The van der Waals surface area contributed by atoms with Crippen molar-refractivity contribution in [2.45, 2.75) is 19.9 Å². The first-order chi connectivity index (χ1) is 10.3. The van der Waals surface area contributed by atoms with Gasteiger partial charge in [-0.3, -0.25) is 0 Å². The van der Waals surface area contributed by atoms with E-state index in [1.165, 1.54) is 27.3 Å². The molecule has 3 aromatic rings. The molecule has 1 heterocycles. The maximum Gasteiger partial charge on any atom is 0.0494 e. The first-order valence-corrected chi connectivity index (χ1v) is 8.19. The summed E-state index contributed by atoms with van der Waals surface area (Å²) >= 11 is 1.81. The summed E-state index contributed by atoms with van der Waals surface area (Å²) < 4.78 is 0.